The molecule has 0 unspecified atom stereocenters. The molecule has 9 rings (SSSR count). The van der Waals surface area contributed by atoms with Crippen molar-refractivity contribution in [2.45, 2.75) is 38.5 Å². The fourth-order valence-electron chi connectivity index (χ4n) is 8.37. The third-order valence-electron chi connectivity index (χ3n) is 11.1. The van der Waals surface area contributed by atoms with Crippen LogP contribution in [-0.2, 0) is 20.4 Å². The molecule has 1 saturated heterocycles. The van der Waals surface area contributed by atoms with Gasteiger partial charge in [0.15, 0.2) is 0 Å². The van der Waals surface area contributed by atoms with Gasteiger partial charge in [-0.1, -0.05) is 124 Å². The van der Waals surface area contributed by atoms with E-state index in [4.69, 9.17) is 12.2 Å². The highest BCUT2D eigenvalue weighted by Crippen LogP contribution is 2.53. The van der Waals surface area contributed by atoms with Crippen molar-refractivity contribution in [2.24, 2.45) is 0 Å². The molecule has 0 saturated carbocycles. The number of thiocarbonyl (C=S) groups is 1. The van der Waals surface area contributed by atoms with E-state index in [2.05, 4.69) is 148 Å². The van der Waals surface area contributed by atoms with Gasteiger partial charge in [0.1, 0.15) is 10.9 Å². The molecule has 0 spiro atoms. The average Bonchev–Trinajstić information content (AvgIpc) is 3.86. The molecule has 5 aromatic carbocycles. The van der Waals surface area contributed by atoms with Crippen LogP contribution >= 0.6 is 35.3 Å². The molecule has 1 amide bonds. The van der Waals surface area contributed by atoms with E-state index < -0.39 is 12.5 Å². The van der Waals surface area contributed by atoms with Gasteiger partial charge in [-0.15, -0.1) is 11.3 Å². The lowest BCUT2D eigenvalue weighted by atomic mass is 9.82. The Labute approximate surface area is 328 Å². The molecule has 2 heterocycles. The predicted molar refractivity (Wildman–Crippen MR) is 227 cm³/mol. The van der Waals surface area contributed by atoms with E-state index in [9.17, 15) is 14.7 Å². The number of fused-ring (bicyclic) bond motifs is 6. The lowest BCUT2D eigenvalue weighted by Crippen LogP contribution is -2.33. The van der Waals surface area contributed by atoms with Gasteiger partial charge in [0.25, 0.3) is 5.91 Å². The predicted octanol–water partition coefficient (Wildman–Crippen LogP) is 11.8. The van der Waals surface area contributed by atoms with Crippen molar-refractivity contribution in [2.75, 3.05) is 11.4 Å². The normalized spacial score (nSPS) is 16.7. The molecule has 2 aliphatic carbocycles. The maximum atomic E-state index is 12.9. The molecule has 5 nitrogen and oxygen atoms in total. The second kappa shape index (κ2) is 12.7. The van der Waals surface area contributed by atoms with E-state index in [0.29, 0.717) is 4.91 Å². The highest BCUT2D eigenvalue weighted by molar-refractivity contribution is 8.26. The van der Waals surface area contributed by atoms with Crippen LogP contribution in [-0.4, -0.2) is 32.7 Å². The molecule has 1 fully saturated rings. The Hall–Kier alpha value is -5.28. The summed E-state index contributed by atoms with van der Waals surface area (Å²) in [6.07, 6.45) is 1.80. The molecule has 0 atom stereocenters. The monoisotopic (exact) mass is 760 g/mol. The first kappa shape index (κ1) is 34.5. The molecule has 1 N–H and O–H groups in total. The summed E-state index contributed by atoms with van der Waals surface area (Å²) in [4.78, 5) is 30.0. The summed E-state index contributed by atoms with van der Waals surface area (Å²) in [6, 6.07) is 44.1. The van der Waals surface area contributed by atoms with Gasteiger partial charge in [-0.25, -0.2) is 0 Å². The Morgan fingerprint density at radius 2 is 1.22 bits per heavy atom. The van der Waals surface area contributed by atoms with E-state index in [1.807, 2.05) is 6.07 Å². The van der Waals surface area contributed by atoms with E-state index in [0.717, 1.165) is 49.0 Å². The fraction of sp³-hybridized carbons (Fsp3) is 0.152. The molecule has 0 radical (unpaired) electrons. The second-order valence-electron chi connectivity index (χ2n) is 15.0. The highest BCUT2D eigenvalue weighted by atomic mass is 32.2. The highest BCUT2D eigenvalue weighted by Gasteiger charge is 2.38. The number of amides is 1. The number of aliphatic carboxylic acids is 1. The second-order valence-corrected chi connectivity index (χ2v) is 17.8. The first-order valence-corrected chi connectivity index (χ1v) is 19.9. The van der Waals surface area contributed by atoms with Crippen LogP contribution in [0.15, 0.2) is 126 Å². The summed E-state index contributed by atoms with van der Waals surface area (Å²) in [5.41, 5.74) is 14.6. The summed E-state index contributed by atoms with van der Waals surface area (Å²) < 4.78 is 0.263. The number of hydrogen-bond acceptors (Lipinski definition) is 6. The van der Waals surface area contributed by atoms with Crippen molar-refractivity contribution in [1.82, 2.24) is 4.90 Å². The van der Waals surface area contributed by atoms with Crippen molar-refractivity contribution >= 4 is 74.7 Å². The Morgan fingerprint density at radius 3 is 1.78 bits per heavy atom. The lowest BCUT2D eigenvalue weighted by Gasteiger charge is -2.30. The van der Waals surface area contributed by atoms with Crippen molar-refractivity contribution in [3.8, 4) is 32.7 Å². The average molecular weight is 761 g/mol. The third-order valence-corrected chi connectivity index (χ3v) is 13.6. The molecular weight excluding hydrogens is 725 g/mol. The SMILES string of the molecule is CC1(C)c2ccccc2-c2ccc(N(c3ccc(-c4ccc(/C=C5\SC(=S)N(CC(=O)O)C5=O)s4)cc3)c3ccc4c(c3)C(C)(C)c3ccccc3-4)cc21. The van der Waals surface area contributed by atoms with Crippen LogP contribution in [0.1, 0.15) is 54.8 Å². The molecule has 1 aliphatic heterocycles. The maximum absolute atomic E-state index is 12.9. The molecule has 8 heteroatoms. The van der Waals surface area contributed by atoms with Crippen LogP contribution < -0.4 is 4.90 Å². The number of benzene rings is 5. The zero-order valence-corrected chi connectivity index (χ0v) is 32.7. The quantitative estimate of drug-likeness (QED) is 0.129. The molecule has 266 valence electrons. The number of nitrogens with zero attached hydrogens (tertiary/aromatic N) is 2. The number of thioether (sulfide) groups is 1. The van der Waals surface area contributed by atoms with Gasteiger partial charge in [-0.05, 0) is 105 Å². The van der Waals surface area contributed by atoms with Crippen LogP contribution in [0, 0.1) is 0 Å². The minimum Gasteiger partial charge on any atom is -0.480 e. The summed E-state index contributed by atoms with van der Waals surface area (Å²) in [6.45, 7) is 8.85. The number of carboxylic acids is 1. The first-order valence-electron chi connectivity index (χ1n) is 17.9. The van der Waals surface area contributed by atoms with E-state index in [1.165, 1.54) is 44.5 Å². The zero-order chi connectivity index (χ0) is 37.5. The number of rotatable bonds is 7. The smallest absolute Gasteiger partial charge is 0.323 e. The number of carboxylic acid groups (broad SMARTS) is 1. The Morgan fingerprint density at radius 1 is 0.704 bits per heavy atom. The standard InChI is InChI=1S/C46H36N2O3S3/c1-45(2)36-11-7-5-9-32(36)34-20-17-29(23-38(34)45)48(30-18-21-35-33-10-6-8-12-37(33)46(3,4)39(35)24-30)28-15-13-27(14-16-28)40-22-19-31(53-40)25-41-43(51)47(26-42(49)50)44(52)54-41/h5-25H,26H2,1-4H3,(H,49,50)/b41-25-. The third kappa shape index (κ3) is 5.46. The van der Waals surface area contributed by atoms with E-state index >= 15 is 0 Å². The van der Waals surface area contributed by atoms with Gasteiger partial charge < -0.3 is 10.0 Å². The summed E-state index contributed by atoms with van der Waals surface area (Å²) in [5, 5.41) is 9.20. The Kier molecular flexibility index (Phi) is 8.08. The van der Waals surface area contributed by atoms with Crippen molar-refractivity contribution in [3.63, 3.8) is 0 Å². The molecule has 6 aromatic rings. The fourth-order valence-corrected chi connectivity index (χ4v) is 10.6. The maximum Gasteiger partial charge on any atom is 0.323 e. The Bertz CT molecular complexity index is 2490. The number of hydrogen-bond donors (Lipinski definition) is 1. The van der Waals surface area contributed by atoms with Gasteiger partial charge in [0, 0.05) is 37.6 Å². The summed E-state index contributed by atoms with van der Waals surface area (Å²) in [5.74, 6) is -1.46. The van der Waals surface area contributed by atoms with Crippen LogP contribution in [0.2, 0.25) is 0 Å². The lowest BCUT2D eigenvalue weighted by molar-refractivity contribution is -0.140. The van der Waals surface area contributed by atoms with Gasteiger partial charge in [-0.3, -0.25) is 14.5 Å². The van der Waals surface area contributed by atoms with Gasteiger partial charge in [0.05, 0.1) is 4.91 Å². The van der Waals surface area contributed by atoms with Crippen LogP contribution in [0.25, 0.3) is 38.8 Å². The van der Waals surface area contributed by atoms with Crippen LogP contribution in [0.3, 0.4) is 0 Å². The number of carbonyl (C=O) groups excluding carboxylic acids is 1. The molecule has 0 bridgehead atoms. The zero-order valence-electron chi connectivity index (χ0n) is 30.2. The number of thiophene rings is 1. The van der Waals surface area contributed by atoms with Crippen LogP contribution in [0.4, 0.5) is 17.1 Å². The van der Waals surface area contributed by atoms with Gasteiger partial charge in [-0.2, -0.15) is 0 Å². The van der Waals surface area contributed by atoms with Gasteiger partial charge >= 0.3 is 5.97 Å². The number of anilines is 3. The van der Waals surface area contributed by atoms with E-state index in [1.54, 1.807) is 17.4 Å². The molecule has 3 aliphatic rings. The van der Waals surface area contributed by atoms with Crippen LogP contribution in [0.5, 0.6) is 0 Å². The first-order chi connectivity index (χ1) is 25.9. The van der Waals surface area contributed by atoms with Crippen molar-refractivity contribution in [1.29, 1.82) is 0 Å². The summed E-state index contributed by atoms with van der Waals surface area (Å²) in [7, 11) is 0. The van der Waals surface area contributed by atoms with Crippen molar-refractivity contribution < 1.29 is 14.7 Å². The molecular formula is C46H36N2O3S3. The Balaban J connectivity index is 1.10. The minimum absolute atomic E-state index is 0.133. The largest absolute Gasteiger partial charge is 0.480 e. The summed E-state index contributed by atoms with van der Waals surface area (Å²) >= 11 is 8.00. The number of carbonyl (C=O) groups is 2. The molecule has 54 heavy (non-hydrogen) atoms. The molecule has 1 aromatic heterocycles. The van der Waals surface area contributed by atoms with Gasteiger partial charge in [0.2, 0.25) is 0 Å². The van der Waals surface area contributed by atoms with Crippen molar-refractivity contribution in [3.05, 3.63) is 153 Å². The minimum atomic E-state index is -1.09. The topological polar surface area (TPSA) is 60.9 Å². The van der Waals surface area contributed by atoms with E-state index in [-0.39, 0.29) is 21.1 Å².